The summed E-state index contributed by atoms with van der Waals surface area (Å²) in [5.74, 6) is 1.30. The molecular weight excluding hydrogens is 318 g/mol. The van der Waals surface area contributed by atoms with Gasteiger partial charge in [0.2, 0.25) is 0 Å². The molecule has 0 saturated carbocycles. The molecule has 2 rings (SSSR count). The molecule has 0 aromatic heterocycles. The molecule has 0 aliphatic carbocycles. The molecule has 0 heterocycles. The smallest absolute Gasteiger partial charge is 0.257 e. The molecule has 0 fully saturated rings. The molecule has 0 bridgehead atoms. The van der Waals surface area contributed by atoms with E-state index in [1.807, 2.05) is 38.1 Å². The zero-order chi connectivity index (χ0) is 18.1. The van der Waals surface area contributed by atoms with Crippen LogP contribution in [0.4, 0.5) is 0 Å². The third-order valence-electron chi connectivity index (χ3n) is 3.77. The van der Waals surface area contributed by atoms with Crippen molar-refractivity contribution in [3.05, 3.63) is 59.7 Å². The minimum absolute atomic E-state index is 0.00773. The average Bonchev–Trinajstić information content (AvgIpc) is 2.62. The summed E-state index contributed by atoms with van der Waals surface area (Å²) in [7, 11) is 0. The number of aryl methyl sites for hydroxylation is 1. The lowest BCUT2D eigenvalue weighted by Crippen LogP contribution is -2.31. The summed E-state index contributed by atoms with van der Waals surface area (Å²) in [4.78, 5) is 11.8. The standard InChI is InChI=1S/C20H25NO4/c1-15-5-3-4-6-19(15)25-16(2)11-12-21-20(23)14-24-18-9-7-17(13-22)8-10-18/h3-10,16,22H,11-14H2,1-2H3,(H,21,23)/t16-/m0/s1. The maximum Gasteiger partial charge on any atom is 0.257 e. The minimum atomic E-state index is -0.172. The molecule has 0 aliphatic heterocycles. The Labute approximate surface area is 148 Å². The number of rotatable bonds is 9. The van der Waals surface area contributed by atoms with Gasteiger partial charge in [-0.2, -0.15) is 0 Å². The number of hydrogen-bond acceptors (Lipinski definition) is 4. The maximum absolute atomic E-state index is 11.8. The average molecular weight is 343 g/mol. The van der Waals surface area contributed by atoms with Crippen LogP contribution in [0.25, 0.3) is 0 Å². The van der Waals surface area contributed by atoms with Crippen molar-refractivity contribution in [2.24, 2.45) is 0 Å². The summed E-state index contributed by atoms with van der Waals surface area (Å²) in [6, 6.07) is 14.9. The van der Waals surface area contributed by atoms with Gasteiger partial charge in [0.1, 0.15) is 11.5 Å². The van der Waals surface area contributed by atoms with Gasteiger partial charge in [0.15, 0.2) is 6.61 Å². The molecule has 0 spiro atoms. The van der Waals surface area contributed by atoms with Crippen LogP contribution in [0, 0.1) is 6.92 Å². The fourth-order valence-electron chi connectivity index (χ4n) is 2.27. The van der Waals surface area contributed by atoms with Crippen LogP contribution in [0.2, 0.25) is 0 Å². The number of hydrogen-bond donors (Lipinski definition) is 2. The lowest BCUT2D eigenvalue weighted by Gasteiger charge is -2.16. The molecule has 1 amide bonds. The molecule has 2 aromatic rings. The van der Waals surface area contributed by atoms with E-state index in [2.05, 4.69) is 5.32 Å². The van der Waals surface area contributed by atoms with Crippen molar-refractivity contribution in [1.82, 2.24) is 5.32 Å². The predicted molar refractivity (Wildman–Crippen MR) is 96.8 cm³/mol. The van der Waals surface area contributed by atoms with Gasteiger partial charge in [0.05, 0.1) is 12.7 Å². The SMILES string of the molecule is Cc1ccccc1O[C@@H](C)CCNC(=O)COc1ccc(CO)cc1. The summed E-state index contributed by atoms with van der Waals surface area (Å²) in [6.45, 7) is 4.47. The van der Waals surface area contributed by atoms with Crippen molar-refractivity contribution in [1.29, 1.82) is 0 Å². The van der Waals surface area contributed by atoms with E-state index in [1.54, 1.807) is 24.3 Å². The normalized spacial score (nSPS) is 11.6. The second-order valence-corrected chi connectivity index (χ2v) is 5.92. The molecule has 2 N–H and O–H groups in total. The van der Waals surface area contributed by atoms with E-state index >= 15 is 0 Å². The third-order valence-corrected chi connectivity index (χ3v) is 3.77. The van der Waals surface area contributed by atoms with Crippen molar-refractivity contribution in [2.75, 3.05) is 13.2 Å². The molecule has 5 heteroatoms. The number of carbonyl (C=O) groups excluding carboxylic acids is 1. The van der Waals surface area contributed by atoms with Crippen molar-refractivity contribution in [3.8, 4) is 11.5 Å². The summed E-state index contributed by atoms with van der Waals surface area (Å²) in [6.07, 6.45) is 0.721. The summed E-state index contributed by atoms with van der Waals surface area (Å²) >= 11 is 0. The van der Waals surface area contributed by atoms with Crippen molar-refractivity contribution < 1.29 is 19.4 Å². The lowest BCUT2D eigenvalue weighted by molar-refractivity contribution is -0.123. The van der Waals surface area contributed by atoms with Gasteiger partial charge in [-0.05, 0) is 43.2 Å². The van der Waals surface area contributed by atoms with E-state index in [9.17, 15) is 4.79 Å². The van der Waals surface area contributed by atoms with E-state index in [4.69, 9.17) is 14.6 Å². The van der Waals surface area contributed by atoms with Crippen molar-refractivity contribution in [2.45, 2.75) is 33.0 Å². The largest absolute Gasteiger partial charge is 0.490 e. The number of para-hydroxylation sites is 1. The number of benzene rings is 2. The first-order chi connectivity index (χ1) is 12.1. The van der Waals surface area contributed by atoms with E-state index in [0.29, 0.717) is 18.7 Å². The summed E-state index contributed by atoms with van der Waals surface area (Å²) < 4.78 is 11.3. The van der Waals surface area contributed by atoms with Crippen LogP contribution in [-0.2, 0) is 11.4 Å². The highest BCUT2D eigenvalue weighted by Crippen LogP contribution is 2.18. The van der Waals surface area contributed by atoms with Crippen LogP contribution in [0.15, 0.2) is 48.5 Å². The Balaban J connectivity index is 1.65. The van der Waals surface area contributed by atoms with Gasteiger partial charge in [0.25, 0.3) is 5.91 Å². The maximum atomic E-state index is 11.8. The fraction of sp³-hybridized carbons (Fsp3) is 0.350. The number of carbonyl (C=O) groups is 1. The van der Waals surface area contributed by atoms with Crippen molar-refractivity contribution >= 4 is 5.91 Å². The molecule has 0 aliphatic rings. The second kappa shape index (κ2) is 9.69. The number of amides is 1. The Morgan fingerprint density at radius 3 is 2.56 bits per heavy atom. The highest BCUT2D eigenvalue weighted by Gasteiger charge is 2.08. The highest BCUT2D eigenvalue weighted by molar-refractivity contribution is 5.77. The predicted octanol–water partition coefficient (Wildman–Crippen LogP) is 2.84. The number of aliphatic hydroxyl groups is 1. The zero-order valence-corrected chi connectivity index (χ0v) is 14.7. The molecule has 25 heavy (non-hydrogen) atoms. The monoisotopic (exact) mass is 343 g/mol. The van der Waals surface area contributed by atoms with E-state index in [0.717, 1.165) is 16.9 Å². The molecule has 5 nitrogen and oxygen atoms in total. The lowest BCUT2D eigenvalue weighted by atomic mass is 10.2. The molecule has 1 atom stereocenters. The van der Waals surface area contributed by atoms with Crippen LogP contribution in [0.1, 0.15) is 24.5 Å². The van der Waals surface area contributed by atoms with Gasteiger partial charge in [0, 0.05) is 13.0 Å². The molecule has 134 valence electrons. The van der Waals surface area contributed by atoms with Crippen molar-refractivity contribution in [3.63, 3.8) is 0 Å². The van der Waals surface area contributed by atoms with E-state index in [1.165, 1.54) is 0 Å². The zero-order valence-electron chi connectivity index (χ0n) is 14.7. The Morgan fingerprint density at radius 2 is 1.88 bits per heavy atom. The Hall–Kier alpha value is -2.53. The second-order valence-electron chi connectivity index (χ2n) is 5.92. The van der Waals surface area contributed by atoms with Gasteiger partial charge >= 0.3 is 0 Å². The van der Waals surface area contributed by atoms with Crippen LogP contribution in [0.3, 0.4) is 0 Å². The van der Waals surface area contributed by atoms with Crippen LogP contribution in [0.5, 0.6) is 11.5 Å². The van der Waals surface area contributed by atoms with Gasteiger partial charge in [-0.25, -0.2) is 0 Å². The summed E-state index contributed by atoms with van der Waals surface area (Å²) in [5.41, 5.74) is 1.90. The topological polar surface area (TPSA) is 67.8 Å². The van der Waals surface area contributed by atoms with Gasteiger partial charge in [-0.1, -0.05) is 30.3 Å². The number of nitrogens with one attached hydrogen (secondary N) is 1. The molecule has 2 aromatic carbocycles. The Kier molecular flexibility index (Phi) is 7.29. The summed E-state index contributed by atoms with van der Waals surface area (Å²) in [5, 5.41) is 11.8. The molecular formula is C20H25NO4. The van der Waals surface area contributed by atoms with Gasteiger partial charge in [-0.3, -0.25) is 4.79 Å². The molecule has 0 radical (unpaired) electrons. The van der Waals surface area contributed by atoms with Gasteiger partial charge < -0.3 is 19.9 Å². The first kappa shape index (κ1) is 18.8. The van der Waals surface area contributed by atoms with E-state index < -0.39 is 0 Å². The van der Waals surface area contributed by atoms with Crippen LogP contribution in [-0.4, -0.2) is 30.3 Å². The fourth-order valence-corrected chi connectivity index (χ4v) is 2.27. The number of ether oxygens (including phenoxy) is 2. The molecule has 0 saturated heterocycles. The minimum Gasteiger partial charge on any atom is -0.490 e. The Bertz CT molecular complexity index is 670. The van der Waals surface area contributed by atoms with Gasteiger partial charge in [-0.15, -0.1) is 0 Å². The third kappa shape index (κ3) is 6.47. The molecule has 0 unspecified atom stereocenters. The van der Waals surface area contributed by atoms with Crippen LogP contribution >= 0.6 is 0 Å². The first-order valence-electron chi connectivity index (χ1n) is 8.40. The first-order valence-corrected chi connectivity index (χ1v) is 8.40. The Morgan fingerprint density at radius 1 is 1.16 bits per heavy atom. The highest BCUT2D eigenvalue weighted by atomic mass is 16.5. The van der Waals surface area contributed by atoms with Crippen LogP contribution < -0.4 is 14.8 Å². The number of aliphatic hydroxyl groups excluding tert-OH is 1. The quantitative estimate of drug-likeness (QED) is 0.735. The van der Waals surface area contributed by atoms with E-state index in [-0.39, 0.29) is 25.2 Å².